The highest BCUT2D eigenvalue weighted by molar-refractivity contribution is 7.93. The van der Waals surface area contributed by atoms with Gasteiger partial charge in [0.05, 0.1) is 11.4 Å². The van der Waals surface area contributed by atoms with Crippen LogP contribution in [0.5, 0.6) is 0 Å². The van der Waals surface area contributed by atoms with Gasteiger partial charge in [0.25, 0.3) is 10.0 Å². The van der Waals surface area contributed by atoms with Crippen molar-refractivity contribution in [2.24, 2.45) is 0 Å². The van der Waals surface area contributed by atoms with E-state index < -0.39 is 15.8 Å². The molecule has 0 saturated heterocycles. The van der Waals surface area contributed by atoms with Gasteiger partial charge in [-0.25, -0.2) is 12.8 Å². The Kier molecular flexibility index (Phi) is 3.91. The van der Waals surface area contributed by atoms with Crippen molar-refractivity contribution in [3.63, 3.8) is 0 Å². The van der Waals surface area contributed by atoms with Gasteiger partial charge in [-0.1, -0.05) is 12.1 Å². The normalized spacial score (nSPS) is 11.4. The standard InChI is InChI=1S/C15H17FN2O2S/c1-10-7-11(2)9-12(8-10)18(3)21(19,20)14-6-4-5-13(16)15(14)17/h4-9H,17H2,1-3H3. The minimum absolute atomic E-state index is 0.232. The number of benzene rings is 2. The van der Waals surface area contributed by atoms with Gasteiger partial charge in [0.2, 0.25) is 0 Å². The van der Waals surface area contributed by atoms with Crippen LogP contribution >= 0.6 is 0 Å². The van der Waals surface area contributed by atoms with Crippen LogP contribution in [0.25, 0.3) is 0 Å². The molecule has 2 N–H and O–H groups in total. The van der Waals surface area contributed by atoms with Gasteiger partial charge >= 0.3 is 0 Å². The Morgan fingerprint density at radius 2 is 1.67 bits per heavy atom. The molecule has 0 saturated carbocycles. The van der Waals surface area contributed by atoms with Crippen LogP contribution in [0.4, 0.5) is 15.8 Å². The van der Waals surface area contributed by atoms with E-state index in [-0.39, 0.29) is 10.6 Å². The zero-order valence-corrected chi connectivity index (χ0v) is 12.9. The first-order valence-corrected chi connectivity index (χ1v) is 7.78. The third kappa shape index (κ3) is 2.85. The highest BCUT2D eigenvalue weighted by Crippen LogP contribution is 2.28. The molecule has 0 heterocycles. The van der Waals surface area contributed by atoms with E-state index in [1.807, 2.05) is 19.9 Å². The Balaban J connectivity index is 2.55. The number of para-hydroxylation sites is 1. The SMILES string of the molecule is Cc1cc(C)cc(N(C)S(=O)(=O)c2cccc(F)c2N)c1. The maximum absolute atomic E-state index is 13.5. The number of halogens is 1. The molecule has 0 aliphatic rings. The van der Waals surface area contributed by atoms with Gasteiger partial charge < -0.3 is 5.73 Å². The first kappa shape index (κ1) is 15.3. The average Bonchev–Trinajstić information content (AvgIpc) is 2.39. The first-order chi connectivity index (χ1) is 9.73. The summed E-state index contributed by atoms with van der Waals surface area (Å²) in [6.45, 7) is 3.76. The summed E-state index contributed by atoms with van der Waals surface area (Å²) in [4.78, 5) is -0.232. The Labute approximate surface area is 124 Å². The molecule has 4 nitrogen and oxygen atoms in total. The van der Waals surface area contributed by atoms with Crippen molar-refractivity contribution in [2.75, 3.05) is 17.1 Å². The maximum atomic E-state index is 13.5. The van der Waals surface area contributed by atoms with Crippen molar-refractivity contribution >= 4 is 21.4 Å². The van der Waals surface area contributed by atoms with Crippen LogP contribution in [0.15, 0.2) is 41.3 Å². The van der Waals surface area contributed by atoms with Crippen molar-refractivity contribution in [3.8, 4) is 0 Å². The van der Waals surface area contributed by atoms with Crippen LogP contribution in [0.2, 0.25) is 0 Å². The van der Waals surface area contributed by atoms with Gasteiger partial charge in [-0.2, -0.15) is 0 Å². The predicted octanol–water partition coefficient (Wildman–Crippen LogP) is 2.85. The van der Waals surface area contributed by atoms with Crippen molar-refractivity contribution in [1.82, 2.24) is 0 Å². The smallest absolute Gasteiger partial charge is 0.266 e. The lowest BCUT2D eigenvalue weighted by Crippen LogP contribution is -2.27. The van der Waals surface area contributed by atoms with E-state index >= 15 is 0 Å². The van der Waals surface area contributed by atoms with Crippen molar-refractivity contribution in [3.05, 3.63) is 53.3 Å². The number of anilines is 2. The molecule has 0 unspecified atom stereocenters. The van der Waals surface area contributed by atoms with Gasteiger partial charge in [-0.15, -0.1) is 0 Å². The van der Waals surface area contributed by atoms with E-state index in [2.05, 4.69) is 0 Å². The maximum Gasteiger partial charge on any atom is 0.266 e. The fourth-order valence-electron chi connectivity index (χ4n) is 2.16. The lowest BCUT2D eigenvalue weighted by Gasteiger charge is -2.21. The molecule has 0 amide bonds. The Bertz CT molecular complexity index is 768. The molecule has 112 valence electrons. The highest BCUT2D eigenvalue weighted by Gasteiger charge is 2.25. The first-order valence-electron chi connectivity index (χ1n) is 6.34. The molecule has 6 heteroatoms. The number of nitrogen functional groups attached to an aromatic ring is 1. The number of nitrogens with zero attached hydrogens (tertiary/aromatic N) is 1. The van der Waals surface area contributed by atoms with Gasteiger partial charge in [0, 0.05) is 7.05 Å². The zero-order chi connectivity index (χ0) is 15.8. The number of nitrogens with two attached hydrogens (primary N) is 1. The number of aryl methyl sites for hydroxylation is 2. The summed E-state index contributed by atoms with van der Waals surface area (Å²) in [7, 11) is -2.49. The predicted molar refractivity (Wildman–Crippen MR) is 82.3 cm³/mol. The molecule has 0 spiro atoms. The highest BCUT2D eigenvalue weighted by atomic mass is 32.2. The number of sulfonamides is 1. The lowest BCUT2D eigenvalue weighted by molar-refractivity contribution is 0.591. The molecular weight excluding hydrogens is 291 g/mol. The molecule has 0 radical (unpaired) electrons. The molecule has 0 aromatic heterocycles. The fraction of sp³-hybridized carbons (Fsp3) is 0.200. The fourth-order valence-corrected chi connectivity index (χ4v) is 3.46. The molecule has 0 atom stereocenters. The number of hydrogen-bond acceptors (Lipinski definition) is 3. The molecule has 0 fully saturated rings. The summed E-state index contributed by atoms with van der Waals surface area (Å²) in [6, 6.07) is 9.20. The van der Waals surface area contributed by atoms with E-state index in [1.165, 1.54) is 19.2 Å². The summed E-state index contributed by atoms with van der Waals surface area (Å²) in [6.07, 6.45) is 0. The Hall–Kier alpha value is -2.08. The summed E-state index contributed by atoms with van der Waals surface area (Å²) >= 11 is 0. The summed E-state index contributed by atoms with van der Waals surface area (Å²) < 4.78 is 39.8. The Morgan fingerprint density at radius 1 is 1.10 bits per heavy atom. The molecule has 0 aliphatic carbocycles. The van der Waals surface area contributed by atoms with E-state index in [0.717, 1.165) is 21.5 Å². The van der Waals surface area contributed by atoms with E-state index in [4.69, 9.17) is 5.73 Å². The number of rotatable bonds is 3. The van der Waals surface area contributed by atoms with Crippen LogP contribution in [-0.2, 0) is 10.0 Å². The molecule has 2 aromatic rings. The second-order valence-electron chi connectivity index (χ2n) is 4.97. The molecule has 0 aliphatic heterocycles. The van der Waals surface area contributed by atoms with Crippen LogP contribution in [0.3, 0.4) is 0 Å². The second-order valence-corrected chi connectivity index (χ2v) is 6.91. The third-order valence-electron chi connectivity index (χ3n) is 3.22. The molecule has 0 bridgehead atoms. The number of hydrogen-bond donors (Lipinski definition) is 1. The summed E-state index contributed by atoms with van der Waals surface area (Å²) in [5.74, 6) is -0.745. The minimum atomic E-state index is -3.91. The van der Waals surface area contributed by atoms with Crippen molar-refractivity contribution < 1.29 is 12.8 Å². The van der Waals surface area contributed by atoms with Crippen molar-refractivity contribution in [2.45, 2.75) is 18.7 Å². The minimum Gasteiger partial charge on any atom is -0.395 e. The van der Waals surface area contributed by atoms with Gasteiger partial charge in [0.15, 0.2) is 0 Å². The zero-order valence-electron chi connectivity index (χ0n) is 12.1. The third-order valence-corrected chi connectivity index (χ3v) is 5.07. The van der Waals surface area contributed by atoms with Crippen LogP contribution < -0.4 is 10.0 Å². The monoisotopic (exact) mass is 308 g/mol. The van der Waals surface area contributed by atoms with E-state index in [0.29, 0.717) is 5.69 Å². The quantitative estimate of drug-likeness (QED) is 0.887. The molecule has 2 rings (SSSR count). The van der Waals surface area contributed by atoms with Crippen LogP contribution in [0, 0.1) is 19.7 Å². The van der Waals surface area contributed by atoms with Crippen LogP contribution in [-0.4, -0.2) is 15.5 Å². The largest absolute Gasteiger partial charge is 0.395 e. The van der Waals surface area contributed by atoms with Crippen molar-refractivity contribution in [1.29, 1.82) is 0 Å². The average molecular weight is 308 g/mol. The van der Waals surface area contributed by atoms with Gasteiger partial charge in [0.1, 0.15) is 10.7 Å². The van der Waals surface area contributed by atoms with Gasteiger partial charge in [-0.05, 0) is 49.2 Å². The summed E-state index contributed by atoms with van der Waals surface area (Å²) in [5, 5.41) is 0. The topological polar surface area (TPSA) is 63.4 Å². The molecular formula is C15H17FN2O2S. The molecule has 21 heavy (non-hydrogen) atoms. The Morgan fingerprint density at radius 3 is 2.24 bits per heavy atom. The van der Waals surface area contributed by atoms with Gasteiger partial charge in [-0.3, -0.25) is 4.31 Å². The van der Waals surface area contributed by atoms with E-state index in [1.54, 1.807) is 12.1 Å². The van der Waals surface area contributed by atoms with Crippen LogP contribution in [0.1, 0.15) is 11.1 Å². The summed E-state index contributed by atoms with van der Waals surface area (Å²) in [5.41, 5.74) is 7.59. The second kappa shape index (κ2) is 5.37. The molecule has 2 aromatic carbocycles. The van der Waals surface area contributed by atoms with E-state index in [9.17, 15) is 12.8 Å². The lowest BCUT2D eigenvalue weighted by atomic mass is 10.1.